The van der Waals surface area contributed by atoms with Gasteiger partial charge in [-0.05, 0) is 35.4 Å². The van der Waals surface area contributed by atoms with E-state index < -0.39 is 5.82 Å². The zero-order valence-electron chi connectivity index (χ0n) is 8.54. The number of rotatable bonds is 3. The fourth-order valence-corrected chi connectivity index (χ4v) is 1.81. The van der Waals surface area contributed by atoms with Crippen molar-refractivity contribution in [2.75, 3.05) is 0 Å². The lowest BCUT2D eigenvalue weighted by molar-refractivity contribution is 0.0991. The molecule has 0 amide bonds. The number of hydrogen-bond acceptors (Lipinski definition) is 2. The minimum atomic E-state index is -0.509. The van der Waals surface area contributed by atoms with Gasteiger partial charge in [0.05, 0.1) is 11.8 Å². The second kappa shape index (κ2) is 4.90. The summed E-state index contributed by atoms with van der Waals surface area (Å²) >= 11 is 11.3. The Morgan fingerprint density at radius 3 is 2.65 bits per heavy atom. The van der Waals surface area contributed by atoms with Gasteiger partial charge < -0.3 is 4.42 Å². The lowest BCUT2D eigenvalue weighted by Crippen LogP contribution is -2.04. The maximum Gasteiger partial charge on any atom is 0.203 e. The van der Waals surface area contributed by atoms with Crippen LogP contribution in [0.2, 0.25) is 10.2 Å². The zero-order valence-corrected chi connectivity index (χ0v) is 10.1. The standard InChI is InChI=1S/C12H7Cl2FO2/c13-8-2-1-7(10(15)6-8)5-11(16)9-3-4-17-12(9)14/h1-4,6H,5H2. The highest BCUT2D eigenvalue weighted by atomic mass is 35.5. The van der Waals surface area contributed by atoms with Crippen molar-refractivity contribution in [2.24, 2.45) is 0 Å². The Labute approximate surface area is 107 Å². The second-order valence-electron chi connectivity index (χ2n) is 3.44. The SMILES string of the molecule is O=C(Cc1ccc(Cl)cc1F)c1ccoc1Cl. The average Bonchev–Trinajstić information content (AvgIpc) is 2.68. The van der Waals surface area contributed by atoms with E-state index in [2.05, 4.69) is 0 Å². The number of furan rings is 1. The number of benzene rings is 1. The zero-order chi connectivity index (χ0) is 12.4. The molecule has 0 unspecified atom stereocenters. The maximum absolute atomic E-state index is 13.5. The molecule has 88 valence electrons. The van der Waals surface area contributed by atoms with Crippen molar-refractivity contribution in [1.82, 2.24) is 0 Å². The summed E-state index contributed by atoms with van der Waals surface area (Å²) in [6.45, 7) is 0. The minimum Gasteiger partial charge on any atom is -0.452 e. The van der Waals surface area contributed by atoms with Crippen LogP contribution in [-0.4, -0.2) is 5.78 Å². The minimum absolute atomic E-state index is 0.0179. The van der Waals surface area contributed by atoms with E-state index in [0.717, 1.165) is 0 Å². The van der Waals surface area contributed by atoms with Gasteiger partial charge in [0.25, 0.3) is 0 Å². The molecule has 0 saturated heterocycles. The maximum atomic E-state index is 13.5. The summed E-state index contributed by atoms with van der Waals surface area (Å²) in [7, 11) is 0. The molecule has 17 heavy (non-hydrogen) atoms. The number of Topliss-reactive ketones (excluding diaryl/α,β-unsaturated/α-hetero) is 1. The molecule has 0 aliphatic carbocycles. The Morgan fingerprint density at radius 2 is 2.06 bits per heavy atom. The van der Waals surface area contributed by atoms with E-state index in [1.54, 1.807) is 0 Å². The van der Waals surface area contributed by atoms with E-state index in [1.165, 1.54) is 30.5 Å². The monoisotopic (exact) mass is 272 g/mol. The Bertz CT molecular complexity index is 563. The third-order valence-electron chi connectivity index (χ3n) is 2.28. The first kappa shape index (κ1) is 12.1. The smallest absolute Gasteiger partial charge is 0.203 e. The first-order chi connectivity index (χ1) is 8.08. The molecule has 2 nitrogen and oxygen atoms in total. The molecule has 0 aliphatic heterocycles. The first-order valence-electron chi connectivity index (χ1n) is 4.78. The highest BCUT2D eigenvalue weighted by Crippen LogP contribution is 2.21. The van der Waals surface area contributed by atoms with Crippen molar-refractivity contribution in [3.05, 3.63) is 57.7 Å². The quantitative estimate of drug-likeness (QED) is 0.786. The van der Waals surface area contributed by atoms with E-state index in [-0.39, 0.29) is 28.6 Å². The van der Waals surface area contributed by atoms with Crippen molar-refractivity contribution >= 4 is 29.0 Å². The lowest BCUT2D eigenvalue weighted by atomic mass is 10.0. The number of ketones is 1. The molecule has 0 radical (unpaired) electrons. The van der Waals surface area contributed by atoms with Crippen LogP contribution < -0.4 is 0 Å². The molecule has 5 heteroatoms. The molecule has 0 bridgehead atoms. The third-order valence-corrected chi connectivity index (χ3v) is 2.81. The number of hydrogen-bond donors (Lipinski definition) is 0. The largest absolute Gasteiger partial charge is 0.452 e. The summed E-state index contributed by atoms with van der Waals surface area (Å²) in [5.41, 5.74) is 0.526. The third kappa shape index (κ3) is 2.68. The van der Waals surface area contributed by atoms with Gasteiger partial charge in [-0.15, -0.1) is 0 Å². The molecule has 0 fully saturated rings. The van der Waals surface area contributed by atoms with Crippen molar-refractivity contribution in [1.29, 1.82) is 0 Å². The van der Waals surface area contributed by atoms with Gasteiger partial charge >= 0.3 is 0 Å². The van der Waals surface area contributed by atoms with Gasteiger partial charge in [-0.2, -0.15) is 0 Å². The van der Waals surface area contributed by atoms with Crippen LogP contribution in [0.4, 0.5) is 4.39 Å². The summed E-state index contributed by atoms with van der Waals surface area (Å²) in [5, 5.41) is 0.310. The van der Waals surface area contributed by atoms with Crippen LogP contribution in [0.5, 0.6) is 0 Å². The lowest BCUT2D eigenvalue weighted by Gasteiger charge is -2.02. The van der Waals surface area contributed by atoms with Gasteiger partial charge in [0.1, 0.15) is 5.82 Å². The number of halogens is 3. The molecule has 0 saturated carbocycles. The molecular formula is C12H7Cl2FO2. The van der Waals surface area contributed by atoms with Crippen molar-refractivity contribution in [3.63, 3.8) is 0 Å². The van der Waals surface area contributed by atoms with Crippen LogP contribution in [0, 0.1) is 5.82 Å². The fourth-order valence-electron chi connectivity index (χ4n) is 1.43. The Balaban J connectivity index is 2.22. The van der Waals surface area contributed by atoms with E-state index in [0.29, 0.717) is 5.02 Å². The normalized spacial score (nSPS) is 10.5. The predicted molar refractivity (Wildman–Crippen MR) is 63.2 cm³/mol. The predicted octanol–water partition coefficient (Wildman–Crippen LogP) is 4.15. The van der Waals surface area contributed by atoms with Gasteiger partial charge in [0, 0.05) is 11.4 Å². The summed E-state index contributed by atoms with van der Waals surface area (Å²) in [6.07, 6.45) is 1.23. The van der Waals surface area contributed by atoms with Crippen molar-refractivity contribution in [3.8, 4) is 0 Å². The topological polar surface area (TPSA) is 30.2 Å². The van der Waals surface area contributed by atoms with Crippen LogP contribution in [0.15, 0.2) is 34.9 Å². The molecule has 1 aromatic carbocycles. The highest BCUT2D eigenvalue weighted by molar-refractivity contribution is 6.32. The summed E-state index contributed by atoms with van der Waals surface area (Å²) in [6, 6.07) is 5.63. The van der Waals surface area contributed by atoms with Gasteiger partial charge in [0.2, 0.25) is 5.22 Å². The molecule has 1 heterocycles. The average molecular weight is 273 g/mol. The number of carbonyl (C=O) groups excluding carboxylic acids is 1. The Hall–Kier alpha value is -1.32. The van der Waals surface area contributed by atoms with Gasteiger partial charge in [-0.3, -0.25) is 4.79 Å². The van der Waals surface area contributed by atoms with Crippen molar-refractivity contribution in [2.45, 2.75) is 6.42 Å². The van der Waals surface area contributed by atoms with Gasteiger partial charge in [0.15, 0.2) is 5.78 Å². The van der Waals surface area contributed by atoms with E-state index in [9.17, 15) is 9.18 Å². The van der Waals surface area contributed by atoms with E-state index >= 15 is 0 Å². The summed E-state index contributed by atoms with van der Waals surface area (Å²) in [4.78, 5) is 11.8. The van der Waals surface area contributed by atoms with Crippen LogP contribution in [-0.2, 0) is 6.42 Å². The highest BCUT2D eigenvalue weighted by Gasteiger charge is 2.15. The molecule has 1 aromatic heterocycles. The summed E-state index contributed by atoms with van der Waals surface area (Å²) in [5.74, 6) is -0.810. The second-order valence-corrected chi connectivity index (χ2v) is 4.22. The first-order valence-corrected chi connectivity index (χ1v) is 5.53. The van der Waals surface area contributed by atoms with E-state index in [4.69, 9.17) is 27.6 Å². The van der Waals surface area contributed by atoms with Crippen molar-refractivity contribution < 1.29 is 13.6 Å². The van der Waals surface area contributed by atoms with Crippen LogP contribution >= 0.6 is 23.2 Å². The van der Waals surface area contributed by atoms with Gasteiger partial charge in [-0.25, -0.2) is 4.39 Å². The summed E-state index contributed by atoms with van der Waals surface area (Å²) < 4.78 is 18.3. The Morgan fingerprint density at radius 1 is 1.29 bits per heavy atom. The molecular weight excluding hydrogens is 266 g/mol. The van der Waals surface area contributed by atoms with Crippen LogP contribution in [0.3, 0.4) is 0 Å². The molecule has 0 spiro atoms. The van der Waals surface area contributed by atoms with Crippen LogP contribution in [0.25, 0.3) is 0 Å². The van der Waals surface area contributed by atoms with E-state index in [1.807, 2.05) is 0 Å². The molecule has 0 N–H and O–H groups in total. The molecule has 2 aromatic rings. The molecule has 0 aliphatic rings. The van der Waals surface area contributed by atoms with Gasteiger partial charge in [-0.1, -0.05) is 17.7 Å². The number of carbonyl (C=O) groups is 1. The Kier molecular flexibility index (Phi) is 3.50. The molecule has 0 atom stereocenters. The fraction of sp³-hybridized carbons (Fsp3) is 0.0833. The van der Waals surface area contributed by atoms with Crippen LogP contribution in [0.1, 0.15) is 15.9 Å². The molecule has 2 rings (SSSR count).